The first-order valence-corrected chi connectivity index (χ1v) is 24.6. The predicted molar refractivity (Wildman–Crippen MR) is 263 cm³/mol. The molecule has 7 heterocycles. The van der Waals surface area contributed by atoms with E-state index in [9.17, 15) is 28.7 Å². The number of carbonyl (C=O) groups excluding carboxylic acids is 4. The third kappa shape index (κ3) is 10.7. The highest BCUT2D eigenvalue weighted by molar-refractivity contribution is 7.13. The molecule has 4 amide bonds. The molecule has 0 aliphatic carbocycles. The maximum absolute atomic E-state index is 14.1. The number of hydrogen-bond acceptors (Lipinski definition) is 13. The summed E-state index contributed by atoms with van der Waals surface area (Å²) in [7, 11) is 0. The zero-order chi connectivity index (χ0) is 49.1. The highest BCUT2D eigenvalue weighted by Gasteiger charge is 2.44. The first kappa shape index (κ1) is 48.2. The molecule has 0 spiro atoms. The van der Waals surface area contributed by atoms with Gasteiger partial charge in [0.25, 0.3) is 0 Å². The van der Waals surface area contributed by atoms with E-state index in [4.69, 9.17) is 14.8 Å². The number of aliphatic hydroxyl groups is 1. The lowest BCUT2D eigenvalue weighted by molar-refractivity contribution is -0.145. The molecule has 0 unspecified atom stereocenters. The fourth-order valence-electron chi connectivity index (χ4n) is 9.53. The first-order valence-electron chi connectivity index (χ1n) is 23.7. The van der Waals surface area contributed by atoms with Crippen molar-refractivity contribution in [3.8, 4) is 21.8 Å². The Labute approximate surface area is 409 Å². The smallest absolute Gasteiger partial charge is 0.248 e. The number of aliphatic hydroxyl groups excluding tert-OH is 1. The van der Waals surface area contributed by atoms with Crippen molar-refractivity contribution in [2.45, 2.75) is 77.7 Å². The number of rotatable bonds is 14. The number of likely N-dealkylation sites (tertiary alicyclic amines) is 1. The molecule has 0 radical (unpaired) electrons. The summed E-state index contributed by atoms with van der Waals surface area (Å²) in [5.74, 6) is -0.478. The summed E-state index contributed by atoms with van der Waals surface area (Å²) in [6.07, 6.45) is 2.79. The van der Waals surface area contributed by atoms with Crippen LogP contribution >= 0.6 is 11.3 Å². The third-order valence-electron chi connectivity index (χ3n) is 13.3. The Kier molecular flexibility index (Phi) is 14.2. The molecule has 6 aromatic rings. The van der Waals surface area contributed by atoms with E-state index in [2.05, 4.69) is 30.4 Å². The molecule has 19 heteroatoms. The molecule has 17 nitrogen and oxygen atoms in total. The van der Waals surface area contributed by atoms with E-state index in [1.54, 1.807) is 65.4 Å². The average molecular weight is 972 g/mol. The van der Waals surface area contributed by atoms with Gasteiger partial charge in [-0.1, -0.05) is 63.2 Å². The van der Waals surface area contributed by atoms with Gasteiger partial charge in [0, 0.05) is 52.2 Å². The van der Waals surface area contributed by atoms with Crippen LogP contribution in [0.25, 0.3) is 27.5 Å². The minimum atomic E-state index is -1.04. The second-order valence-electron chi connectivity index (χ2n) is 19.2. The minimum absolute atomic E-state index is 0.0181. The second-order valence-corrected chi connectivity index (χ2v) is 20.1. The summed E-state index contributed by atoms with van der Waals surface area (Å²) in [4.78, 5) is 76.5. The molecule has 0 saturated carbocycles. The van der Waals surface area contributed by atoms with Crippen LogP contribution in [-0.2, 0) is 30.5 Å². The number of ether oxygens (including phenoxy) is 1. The fourth-order valence-corrected chi connectivity index (χ4v) is 10.3. The largest absolute Gasteiger partial charge is 0.391 e. The molecule has 3 aliphatic heterocycles. The SMILES string of the molecule is Cc1ncsc1-c1ccc(CNC(=O)[C@@H]2C[C@@H](O)CN2C(=O)[C@@H](NC(=O)COCC(=O)N2CCN(c3cccc(-c4cnc5ccc(N6CCC[C@@H]6c6cccc(F)c6)nn45)n3)CC2)C(C)(C)C)cc1. The normalized spacial score (nSPS) is 18.9. The Morgan fingerprint density at radius 1 is 0.929 bits per heavy atom. The number of carbonyl (C=O) groups is 4. The summed E-state index contributed by atoms with van der Waals surface area (Å²) >= 11 is 1.56. The Morgan fingerprint density at radius 3 is 2.46 bits per heavy atom. The Balaban J connectivity index is 0.752. The van der Waals surface area contributed by atoms with Crippen LogP contribution in [0.5, 0.6) is 0 Å². The minimum Gasteiger partial charge on any atom is -0.391 e. The Hall–Kier alpha value is -6.83. The Bertz CT molecular complexity index is 2860. The second kappa shape index (κ2) is 20.6. The quantitative estimate of drug-likeness (QED) is 0.130. The van der Waals surface area contributed by atoms with Gasteiger partial charge in [0.2, 0.25) is 23.6 Å². The van der Waals surface area contributed by atoms with Gasteiger partial charge < -0.3 is 40.1 Å². The number of imidazole rings is 1. The van der Waals surface area contributed by atoms with Crippen LogP contribution in [0, 0.1) is 18.2 Å². The zero-order valence-corrected chi connectivity index (χ0v) is 40.6. The maximum atomic E-state index is 14.1. The molecule has 70 heavy (non-hydrogen) atoms. The van der Waals surface area contributed by atoms with Crippen molar-refractivity contribution in [2.24, 2.45) is 5.41 Å². The summed E-state index contributed by atoms with van der Waals surface area (Å²) < 4.78 is 21.5. The van der Waals surface area contributed by atoms with Gasteiger partial charge in [0.1, 0.15) is 48.4 Å². The van der Waals surface area contributed by atoms with Gasteiger partial charge in [-0.15, -0.1) is 16.4 Å². The summed E-state index contributed by atoms with van der Waals surface area (Å²) in [6, 6.07) is 22.3. The van der Waals surface area contributed by atoms with E-state index in [1.807, 2.05) is 67.6 Å². The highest BCUT2D eigenvalue weighted by Crippen LogP contribution is 2.36. The lowest BCUT2D eigenvalue weighted by Crippen LogP contribution is -2.58. The highest BCUT2D eigenvalue weighted by atomic mass is 32.1. The number of anilines is 2. The first-order chi connectivity index (χ1) is 33.7. The lowest BCUT2D eigenvalue weighted by atomic mass is 9.85. The number of fused-ring (bicyclic) bond motifs is 1. The van der Waals surface area contributed by atoms with Gasteiger partial charge in [-0.2, -0.15) is 0 Å². The molecule has 366 valence electrons. The van der Waals surface area contributed by atoms with Crippen LogP contribution < -0.4 is 20.4 Å². The zero-order valence-electron chi connectivity index (χ0n) is 39.8. The molecular formula is C51H58FN11O6S. The molecule has 3 aliphatic rings. The van der Waals surface area contributed by atoms with Crippen molar-refractivity contribution in [2.75, 3.05) is 62.3 Å². The third-order valence-corrected chi connectivity index (χ3v) is 14.2. The van der Waals surface area contributed by atoms with Gasteiger partial charge in [0.15, 0.2) is 5.65 Å². The number of aryl methyl sites for hydroxylation is 1. The van der Waals surface area contributed by atoms with E-state index in [-0.39, 0.29) is 43.9 Å². The van der Waals surface area contributed by atoms with E-state index in [1.165, 1.54) is 11.0 Å². The van der Waals surface area contributed by atoms with Gasteiger partial charge in [-0.25, -0.2) is 23.9 Å². The number of piperazine rings is 1. The van der Waals surface area contributed by atoms with Crippen LogP contribution in [-0.4, -0.2) is 134 Å². The molecular weight excluding hydrogens is 914 g/mol. The predicted octanol–water partition coefficient (Wildman–Crippen LogP) is 5.18. The van der Waals surface area contributed by atoms with Crippen molar-refractivity contribution in [1.82, 2.24) is 45.0 Å². The number of nitrogens with zero attached hydrogens (tertiary/aromatic N) is 9. The number of amides is 4. The number of halogens is 1. The van der Waals surface area contributed by atoms with Crippen molar-refractivity contribution in [1.29, 1.82) is 0 Å². The van der Waals surface area contributed by atoms with E-state index in [0.29, 0.717) is 37.5 Å². The number of pyridine rings is 1. The van der Waals surface area contributed by atoms with E-state index < -0.39 is 47.9 Å². The fraction of sp³-hybridized carbons (Fsp3) is 0.412. The maximum Gasteiger partial charge on any atom is 0.248 e. The van der Waals surface area contributed by atoms with Crippen LogP contribution in [0.3, 0.4) is 0 Å². The van der Waals surface area contributed by atoms with Gasteiger partial charge in [0.05, 0.1) is 40.1 Å². The lowest BCUT2D eigenvalue weighted by Gasteiger charge is -2.36. The number of thiazole rings is 1. The summed E-state index contributed by atoms with van der Waals surface area (Å²) in [6.45, 7) is 9.45. The van der Waals surface area contributed by atoms with Crippen LogP contribution in [0.4, 0.5) is 16.0 Å². The number of β-amino-alcohol motifs (C(OH)–C–C–N with tert-alkyl or cyclic N) is 1. The molecule has 3 fully saturated rings. The van der Waals surface area contributed by atoms with Crippen molar-refractivity contribution in [3.63, 3.8) is 0 Å². The Morgan fingerprint density at radius 2 is 1.71 bits per heavy atom. The summed E-state index contributed by atoms with van der Waals surface area (Å²) in [5.41, 5.74) is 6.93. The topological polar surface area (TPSA) is 191 Å². The van der Waals surface area contributed by atoms with Crippen LogP contribution in [0.15, 0.2) is 90.6 Å². The number of aromatic nitrogens is 5. The molecule has 3 N–H and O–H groups in total. The molecule has 3 saturated heterocycles. The monoisotopic (exact) mass is 971 g/mol. The molecule has 9 rings (SSSR count). The number of hydrogen-bond donors (Lipinski definition) is 3. The van der Waals surface area contributed by atoms with Crippen LogP contribution in [0.2, 0.25) is 0 Å². The van der Waals surface area contributed by atoms with Crippen molar-refractivity contribution in [3.05, 3.63) is 113 Å². The van der Waals surface area contributed by atoms with Crippen molar-refractivity contribution < 1.29 is 33.4 Å². The van der Waals surface area contributed by atoms with E-state index in [0.717, 1.165) is 64.0 Å². The van der Waals surface area contributed by atoms with Gasteiger partial charge in [-0.3, -0.25) is 19.2 Å². The van der Waals surface area contributed by atoms with Gasteiger partial charge in [-0.05, 0) is 78.3 Å². The van der Waals surface area contributed by atoms with Crippen LogP contribution in [0.1, 0.15) is 62.9 Å². The standard InChI is InChI=1S/C51H58FN11O6S/c1-32-47(70-31-55-32)34-15-13-33(14-16-34)26-54-49(67)40-25-37(64)28-62(40)50(68)48(51(2,3)4)57-45(65)29-69-30-46(66)60-22-20-59(21-23-60)43-12-6-10-38(56-43)41-27-53-42-17-18-44(58-63(41)42)61-19-7-11-39(61)35-8-5-9-36(52)24-35/h5-6,8-10,12-18,24,27,31,37,39-40,48,64H,7,11,19-23,25-26,28-30H2,1-4H3,(H,54,67)(H,57,65)/t37-,39-,40+,48-/m1/s1. The molecule has 2 aromatic carbocycles. The molecule has 4 atom stereocenters. The number of nitrogens with one attached hydrogen (secondary N) is 2. The average Bonchev–Trinajstić information content (AvgIpc) is 4.19. The summed E-state index contributed by atoms with van der Waals surface area (Å²) in [5, 5.41) is 21.3. The van der Waals surface area contributed by atoms with E-state index >= 15 is 0 Å². The molecule has 0 bridgehead atoms. The van der Waals surface area contributed by atoms with Crippen molar-refractivity contribution >= 4 is 52.2 Å². The number of benzene rings is 2. The van der Waals surface area contributed by atoms with Gasteiger partial charge >= 0.3 is 0 Å². The molecule has 4 aromatic heterocycles.